The van der Waals surface area contributed by atoms with Crippen molar-refractivity contribution < 1.29 is 9.90 Å². The van der Waals surface area contributed by atoms with E-state index < -0.39 is 11.2 Å². The fourth-order valence-corrected chi connectivity index (χ4v) is 2.74. The molecular weight excluding hydrogens is 244 g/mol. The summed E-state index contributed by atoms with van der Waals surface area (Å²) in [6.45, 7) is 12.4. The molecule has 0 heterocycles. The SMILES string of the molecule is Cc1cc(C(C)(C)C)cc(C)c1SC(C)C(=O)O. The molecule has 18 heavy (non-hydrogen) atoms. The lowest BCUT2D eigenvalue weighted by molar-refractivity contribution is -0.136. The Balaban J connectivity index is 3.13. The highest BCUT2D eigenvalue weighted by atomic mass is 32.2. The predicted octanol–water partition coefficient (Wildman–Crippen LogP) is 4.17. The Kier molecular flexibility index (Phi) is 4.49. The van der Waals surface area contributed by atoms with Gasteiger partial charge in [0.15, 0.2) is 0 Å². The smallest absolute Gasteiger partial charge is 0.316 e. The van der Waals surface area contributed by atoms with Crippen LogP contribution in [0.25, 0.3) is 0 Å². The third-order valence-corrected chi connectivity index (χ3v) is 4.40. The Morgan fingerprint density at radius 1 is 1.22 bits per heavy atom. The van der Waals surface area contributed by atoms with Crippen LogP contribution < -0.4 is 0 Å². The Morgan fingerprint density at radius 3 is 2.00 bits per heavy atom. The summed E-state index contributed by atoms with van der Waals surface area (Å²) >= 11 is 1.42. The Labute approximate surface area is 114 Å². The van der Waals surface area contributed by atoms with Crippen molar-refractivity contribution in [3.05, 3.63) is 28.8 Å². The molecule has 1 unspecified atom stereocenters. The number of aryl methyl sites for hydroxylation is 2. The van der Waals surface area contributed by atoms with Crippen LogP contribution in [0.5, 0.6) is 0 Å². The molecule has 0 aliphatic heterocycles. The molecular formula is C15H22O2S. The van der Waals surface area contributed by atoms with Crippen LogP contribution in [-0.2, 0) is 10.2 Å². The number of carboxylic acid groups (broad SMARTS) is 1. The monoisotopic (exact) mass is 266 g/mol. The molecule has 2 nitrogen and oxygen atoms in total. The highest BCUT2D eigenvalue weighted by Gasteiger charge is 2.19. The van der Waals surface area contributed by atoms with Crippen LogP contribution in [-0.4, -0.2) is 16.3 Å². The Hall–Kier alpha value is -0.960. The van der Waals surface area contributed by atoms with E-state index in [2.05, 4.69) is 46.8 Å². The number of hydrogen-bond acceptors (Lipinski definition) is 2. The van der Waals surface area contributed by atoms with Gasteiger partial charge >= 0.3 is 5.97 Å². The van der Waals surface area contributed by atoms with Crippen LogP contribution in [0.1, 0.15) is 44.4 Å². The largest absolute Gasteiger partial charge is 0.480 e. The van der Waals surface area contributed by atoms with Crippen molar-refractivity contribution >= 4 is 17.7 Å². The maximum atomic E-state index is 10.9. The minimum Gasteiger partial charge on any atom is -0.480 e. The van der Waals surface area contributed by atoms with Gasteiger partial charge in [-0.3, -0.25) is 4.79 Å². The Morgan fingerprint density at radius 2 is 1.67 bits per heavy atom. The first-order valence-corrected chi connectivity index (χ1v) is 7.02. The number of aliphatic carboxylic acids is 1. The summed E-state index contributed by atoms with van der Waals surface area (Å²) in [6.07, 6.45) is 0. The molecule has 1 N–H and O–H groups in total. The van der Waals surface area contributed by atoms with Gasteiger partial charge in [-0.25, -0.2) is 0 Å². The van der Waals surface area contributed by atoms with Crippen molar-refractivity contribution in [3.63, 3.8) is 0 Å². The van der Waals surface area contributed by atoms with E-state index in [0.29, 0.717) is 0 Å². The standard InChI is InChI=1S/C15H22O2S/c1-9-7-12(15(4,5)6)8-10(2)13(9)18-11(3)14(16)17/h7-8,11H,1-6H3,(H,16,17). The third-order valence-electron chi connectivity index (χ3n) is 2.97. The zero-order valence-corrected chi connectivity index (χ0v) is 12.8. The molecule has 0 spiro atoms. The first-order chi connectivity index (χ1) is 8.12. The fourth-order valence-electron chi connectivity index (χ4n) is 1.80. The molecule has 1 rings (SSSR count). The van der Waals surface area contributed by atoms with Gasteiger partial charge in [0.1, 0.15) is 5.25 Å². The van der Waals surface area contributed by atoms with Gasteiger partial charge < -0.3 is 5.11 Å². The summed E-state index contributed by atoms with van der Waals surface area (Å²) in [5.74, 6) is -0.765. The summed E-state index contributed by atoms with van der Waals surface area (Å²) in [7, 11) is 0. The van der Waals surface area contributed by atoms with Gasteiger partial charge in [-0.15, -0.1) is 11.8 Å². The van der Waals surface area contributed by atoms with Crippen molar-refractivity contribution in [3.8, 4) is 0 Å². The maximum absolute atomic E-state index is 10.9. The van der Waals surface area contributed by atoms with E-state index in [0.717, 1.165) is 16.0 Å². The van der Waals surface area contributed by atoms with E-state index in [1.165, 1.54) is 17.3 Å². The van der Waals surface area contributed by atoms with E-state index in [1.54, 1.807) is 6.92 Å². The molecule has 1 atom stereocenters. The summed E-state index contributed by atoms with van der Waals surface area (Å²) in [4.78, 5) is 12.0. The average molecular weight is 266 g/mol. The average Bonchev–Trinajstić information content (AvgIpc) is 2.21. The molecule has 0 radical (unpaired) electrons. The van der Waals surface area contributed by atoms with Crippen LogP contribution in [0.3, 0.4) is 0 Å². The molecule has 1 aromatic rings. The van der Waals surface area contributed by atoms with E-state index in [9.17, 15) is 4.79 Å². The quantitative estimate of drug-likeness (QED) is 0.834. The molecule has 1 aromatic carbocycles. The van der Waals surface area contributed by atoms with Crippen LogP contribution in [0.15, 0.2) is 17.0 Å². The first kappa shape index (κ1) is 15.1. The van der Waals surface area contributed by atoms with E-state index in [-0.39, 0.29) is 5.41 Å². The van der Waals surface area contributed by atoms with Crippen molar-refractivity contribution in [2.24, 2.45) is 0 Å². The molecule has 0 saturated heterocycles. The minimum atomic E-state index is -0.765. The highest BCUT2D eigenvalue weighted by Crippen LogP contribution is 2.34. The van der Waals surface area contributed by atoms with E-state index in [4.69, 9.17) is 5.11 Å². The fraction of sp³-hybridized carbons (Fsp3) is 0.533. The summed E-state index contributed by atoms with van der Waals surface area (Å²) in [5.41, 5.74) is 3.75. The number of rotatable bonds is 3. The second-order valence-corrected chi connectivity index (χ2v) is 7.14. The summed E-state index contributed by atoms with van der Waals surface area (Å²) in [6, 6.07) is 4.34. The molecule has 0 aliphatic carbocycles. The topological polar surface area (TPSA) is 37.3 Å². The Bertz CT molecular complexity index is 435. The van der Waals surface area contributed by atoms with Gasteiger partial charge in [0.2, 0.25) is 0 Å². The minimum absolute atomic E-state index is 0.122. The number of carboxylic acids is 1. The van der Waals surface area contributed by atoms with Gasteiger partial charge in [-0.05, 0) is 42.9 Å². The second kappa shape index (κ2) is 5.35. The molecule has 3 heteroatoms. The van der Waals surface area contributed by atoms with Gasteiger partial charge in [-0.2, -0.15) is 0 Å². The predicted molar refractivity (Wildman–Crippen MR) is 77.6 cm³/mol. The lowest BCUT2D eigenvalue weighted by atomic mass is 9.85. The number of hydrogen-bond donors (Lipinski definition) is 1. The molecule has 0 bridgehead atoms. The molecule has 0 fully saturated rings. The van der Waals surface area contributed by atoms with Gasteiger partial charge in [0.25, 0.3) is 0 Å². The highest BCUT2D eigenvalue weighted by molar-refractivity contribution is 8.00. The third kappa shape index (κ3) is 3.52. The van der Waals surface area contributed by atoms with E-state index in [1.807, 2.05) is 0 Å². The van der Waals surface area contributed by atoms with Crippen molar-refractivity contribution in [2.45, 2.75) is 57.1 Å². The summed E-state index contributed by atoms with van der Waals surface area (Å²) in [5, 5.41) is 8.57. The maximum Gasteiger partial charge on any atom is 0.316 e. The van der Waals surface area contributed by atoms with Crippen LogP contribution >= 0.6 is 11.8 Å². The lowest BCUT2D eigenvalue weighted by Gasteiger charge is -2.22. The van der Waals surface area contributed by atoms with Crippen LogP contribution in [0.2, 0.25) is 0 Å². The second-order valence-electron chi connectivity index (χ2n) is 5.79. The van der Waals surface area contributed by atoms with Gasteiger partial charge in [-0.1, -0.05) is 32.9 Å². The molecule has 0 amide bonds. The molecule has 0 aliphatic rings. The van der Waals surface area contributed by atoms with Gasteiger partial charge in [0, 0.05) is 4.90 Å². The first-order valence-electron chi connectivity index (χ1n) is 6.14. The van der Waals surface area contributed by atoms with Crippen molar-refractivity contribution in [1.82, 2.24) is 0 Å². The number of benzene rings is 1. The summed E-state index contributed by atoms with van der Waals surface area (Å²) < 4.78 is 0. The lowest BCUT2D eigenvalue weighted by Crippen LogP contribution is -2.14. The molecule has 0 saturated carbocycles. The van der Waals surface area contributed by atoms with Crippen molar-refractivity contribution in [1.29, 1.82) is 0 Å². The van der Waals surface area contributed by atoms with E-state index >= 15 is 0 Å². The molecule has 100 valence electrons. The number of thioether (sulfide) groups is 1. The van der Waals surface area contributed by atoms with Crippen LogP contribution in [0.4, 0.5) is 0 Å². The molecule has 0 aromatic heterocycles. The zero-order chi connectivity index (χ0) is 14.1. The van der Waals surface area contributed by atoms with Gasteiger partial charge in [0.05, 0.1) is 0 Å². The number of carbonyl (C=O) groups is 1. The normalized spacial score (nSPS) is 13.4. The van der Waals surface area contributed by atoms with Crippen molar-refractivity contribution in [2.75, 3.05) is 0 Å². The van der Waals surface area contributed by atoms with Crippen LogP contribution in [0, 0.1) is 13.8 Å². The zero-order valence-electron chi connectivity index (χ0n) is 12.0.